The Morgan fingerprint density at radius 2 is 2.08 bits per heavy atom. The molecule has 1 aromatic rings. The van der Waals surface area contributed by atoms with E-state index >= 15 is 0 Å². The molecule has 2 aliphatic heterocycles. The van der Waals surface area contributed by atoms with E-state index in [4.69, 9.17) is 0 Å². The van der Waals surface area contributed by atoms with Gasteiger partial charge in [0.1, 0.15) is 0 Å². The highest BCUT2D eigenvalue weighted by Crippen LogP contribution is 2.36. The van der Waals surface area contributed by atoms with Gasteiger partial charge in [0.2, 0.25) is 5.91 Å². The molecule has 2 heterocycles. The molecule has 1 unspecified atom stereocenters. The molecule has 1 saturated heterocycles. The monoisotopic (exact) mass is 369 g/mol. The number of benzene rings is 1. The first-order valence-electron chi connectivity index (χ1n) is 8.14. The Morgan fingerprint density at radius 1 is 1.38 bits per heavy atom. The van der Waals surface area contributed by atoms with E-state index in [1.165, 1.54) is 11.8 Å². The van der Waals surface area contributed by atoms with Gasteiger partial charge in [-0.1, -0.05) is 0 Å². The van der Waals surface area contributed by atoms with Crippen LogP contribution >= 0.6 is 24.2 Å². The predicted octanol–water partition coefficient (Wildman–Crippen LogP) is 2.61. The number of nitrogens with one attached hydrogen (secondary N) is 2. The second-order valence-electron chi connectivity index (χ2n) is 6.25. The Morgan fingerprint density at radius 3 is 2.75 bits per heavy atom. The number of halogens is 1. The number of likely N-dealkylation sites (tertiary alicyclic amines) is 1. The zero-order valence-electron chi connectivity index (χ0n) is 14.0. The van der Waals surface area contributed by atoms with Gasteiger partial charge in [-0.25, -0.2) is 0 Å². The highest BCUT2D eigenvalue weighted by atomic mass is 35.5. The minimum Gasteiger partial charge on any atom is -0.339 e. The van der Waals surface area contributed by atoms with Gasteiger partial charge in [-0.2, -0.15) is 0 Å². The number of fused-ring (bicyclic) bond motifs is 1. The molecule has 3 rings (SSSR count). The molecule has 2 N–H and O–H groups in total. The van der Waals surface area contributed by atoms with Gasteiger partial charge in [0, 0.05) is 23.5 Å². The maximum atomic E-state index is 12.7. The van der Waals surface area contributed by atoms with E-state index in [0.29, 0.717) is 11.5 Å². The molecule has 132 valence electrons. The summed E-state index contributed by atoms with van der Waals surface area (Å²) < 4.78 is 0. The van der Waals surface area contributed by atoms with Gasteiger partial charge < -0.3 is 15.5 Å². The van der Waals surface area contributed by atoms with Crippen molar-refractivity contribution >= 4 is 41.7 Å². The van der Waals surface area contributed by atoms with Gasteiger partial charge in [0.05, 0.1) is 10.9 Å². The number of hydrogen-bond donors (Lipinski definition) is 2. The van der Waals surface area contributed by atoms with E-state index in [2.05, 4.69) is 10.6 Å². The van der Waals surface area contributed by atoms with Crippen molar-refractivity contribution in [2.45, 2.75) is 29.9 Å². The summed E-state index contributed by atoms with van der Waals surface area (Å²) in [6, 6.07) is 5.63. The third kappa shape index (κ3) is 4.05. The van der Waals surface area contributed by atoms with Crippen molar-refractivity contribution in [3.05, 3.63) is 23.8 Å². The molecule has 1 atom stereocenters. The van der Waals surface area contributed by atoms with E-state index < -0.39 is 0 Å². The maximum absolute atomic E-state index is 12.7. The Balaban J connectivity index is 0.00000208. The van der Waals surface area contributed by atoms with Crippen molar-refractivity contribution in [1.82, 2.24) is 10.2 Å². The average Bonchev–Trinajstić information content (AvgIpc) is 2.56. The molecule has 0 aliphatic carbocycles. The third-order valence-corrected chi connectivity index (χ3v) is 5.73. The molecule has 5 nitrogen and oxygen atoms in total. The lowest BCUT2D eigenvalue weighted by Gasteiger charge is -2.32. The lowest BCUT2D eigenvalue weighted by atomic mass is 9.96. The van der Waals surface area contributed by atoms with Crippen molar-refractivity contribution in [2.24, 2.45) is 5.92 Å². The van der Waals surface area contributed by atoms with Crippen LogP contribution < -0.4 is 10.6 Å². The number of carbonyl (C=O) groups is 2. The molecule has 24 heavy (non-hydrogen) atoms. The second kappa shape index (κ2) is 8.23. The van der Waals surface area contributed by atoms with Crippen LogP contribution in [0, 0.1) is 5.92 Å². The summed E-state index contributed by atoms with van der Waals surface area (Å²) in [5, 5.41) is 6.01. The standard InChI is InChI=1S/C17H23N3O2S.ClH/c1-11-16(21)19-14-9-13(3-4-15(14)23-11)17(22)20-7-5-12(6-8-20)10-18-2;/h3-4,9,11-12,18H,5-8,10H2,1-2H3,(H,19,21);1H. The van der Waals surface area contributed by atoms with Crippen LogP contribution in [0.15, 0.2) is 23.1 Å². The van der Waals surface area contributed by atoms with Crippen LogP contribution in [0.2, 0.25) is 0 Å². The van der Waals surface area contributed by atoms with E-state index in [1.54, 1.807) is 0 Å². The van der Waals surface area contributed by atoms with E-state index in [9.17, 15) is 9.59 Å². The van der Waals surface area contributed by atoms with E-state index in [1.807, 2.05) is 37.1 Å². The summed E-state index contributed by atoms with van der Waals surface area (Å²) in [7, 11) is 1.97. The van der Waals surface area contributed by atoms with Crippen molar-refractivity contribution in [1.29, 1.82) is 0 Å². The van der Waals surface area contributed by atoms with Crippen LogP contribution in [-0.4, -0.2) is 48.6 Å². The normalized spacial score (nSPS) is 20.8. The van der Waals surface area contributed by atoms with E-state index in [0.717, 1.165) is 43.1 Å². The number of amides is 2. The predicted molar refractivity (Wildman–Crippen MR) is 100 cm³/mol. The molecule has 1 aromatic carbocycles. The summed E-state index contributed by atoms with van der Waals surface area (Å²) in [5.41, 5.74) is 1.42. The molecule has 0 saturated carbocycles. The molecule has 0 spiro atoms. The van der Waals surface area contributed by atoms with Gasteiger partial charge in [0.25, 0.3) is 5.91 Å². The average molecular weight is 370 g/mol. The van der Waals surface area contributed by atoms with Crippen molar-refractivity contribution in [2.75, 3.05) is 32.0 Å². The summed E-state index contributed by atoms with van der Waals surface area (Å²) in [5.74, 6) is 0.721. The molecular formula is C17H24ClN3O2S. The fourth-order valence-corrected chi connectivity index (χ4v) is 4.08. The van der Waals surface area contributed by atoms with Crippen molar-refractivity contribution < 1.29 is 9.59 Å². The highest BCUT2D eigenvalue weighted by molar-refractivity contribution is 8.00. The molecule has 0 aromatic heterocycles. The number of rotatable bonds is 3. The lowest BCUT2D eigenvalue weighted by molar-refractivity contribution is -0.115. The largest absolute Gasteiger partial charge is 0.339 e. The SMILES string of the molecule is CNCC1CCN(C(=O)c2ccc3c(c2)NC(=O)C(C)S3)CC1.Cl. The zero-order chi connectivity index (χ0) is 16.4. The Hall–Kier alpha value is -1.24. The van der Waals surface area contributed by atoms with Crippen LogP contribution in [0.4, 0.5) is 5.69 Å². The first-order chi connectivity index (χ1) is 11.1. The number of piperidine rings is 1. The van der Waals surface area contributed by atoms with Gasteiger partial charge in [-0.15, -0.1) is 24.2 Å². The molecular weight excluding hydrogens is 346 g/mol. The van der Waals surface area contributed by atoms with Gasteiger partial charge >= 0.3 is 0 Å². The molecule has 2 amide bonds. The summed E-state index contributed by atoms with van der Waals surface area (Å²) in [4.78, 5) is 27.4. The molecule has 0 radical (unpaired) electrons. The molecule has 2 aliphatic rings. The smallest absolute Gasteiger partial charge is 0.253 e. The number of anilines is 1. The van der Waals surface area contributed by atoms with Crippen molar-refractivity contribution in [3.8, 4) is 0 Å². The van der Waals surface area contributed by atoms with Gasteiger partial charge in [-0.05, 0) is 57.5 Å². The number of thioether (sulfide) groups is 1. The third-order valence-electron chi connectivity index (χ3n) is 4.55. The first kappa shape index (κ1) is 19.1. The molecule has 7 heteroatoms. The van der Waals surface area contributed by atoms with Gasteiger partial charge in [0.15, 0.2) is 0 Å². The number of hydrogen-bond acceptors (Lipinski definition) is 4. The van der Waals surface area contributed by atoms with Crippen LogP contribution in [0.25, 0.3) is 0 Å². The maximum Gasteiger partial charge on any atom is 0.253 e. The van der Waals surface area contributed by atoms with Crippen LogP contribution in [0.1, 0.15) is 30.1 Å². The van der Waals surface area contributed by atoms with Crippen LogP contribution in [-0.2, 0) is 4.79 Å². The van der Waals surface area contributed by atoms with Crippen molar-refractivity contribution in [3.63, 3.8) is 0 Å². The zero-order valence-corrected chi connectivity index (χ0v) is 15.6. The molecule has 0 bridgehead atoms. The minimum atomic E-state index is -0.0877. The van der Waals surface area contributed by atoms with E-state index in [-0.39, 0.29) is 29.5 Å². The fraction of sp³-hybridized carbons (Fsp3) is 0.529. The first-order valence-corrected chi connectivity index (χ1v) is 9.02. The number of nitrogens with zero attached hydrogens (tertiary/aromatic N) is 1. The minimum absolute atomic E-state index is 0. The number of carbonyl (C=O) groups excluding carboxylic acids is 2. The Labute approximate surface area is 153 Å². The summed E-state index contributed by atoms with van der Waals surface area (Å²) in [6.45, 7) is 4.51. The summed E-state index contributed by atoms with van der Waals surface area (Å²) >= 11 is 1.54. The molecule has 1 fully saturated rings. The Bertz CT molecular complexity index is 618. The van der Waals surface area contributed by atoms with Crippen LogP contribution in [0.5, 0.6) is 0 Å². The topological polar surface area (TPSA) is 61.4 Å². The lowest BCUT2D eigenvalue weighted by Crippen LogP contribution is -2.40. The fourth-order valence-electron chi connectivity index (χ4n) is 3.15. The quantitative estimate of drug-likeness (QED) is 0.859. The second-order valence-corrected chi connectivity index (χ2v) is 7.64. The van der Waals surface area contributed by atoms with Gasteiger partial charge in [-0.3, -0.25) is 9.59 Å². The van der Waals surface area contributed by atoms with Crippen LogP contribution in [0.3, 0.4) is 0 Å². The Kier molecular flexibility index (Phi) is 6.54. The highest BCUT2D eigenvalue weighted by Gasteiger charge is 2.26. The summed E-state index contributed by atoms with van der Waals surface area (Å²) in [6.07, 6.45) is 2.09.